The number of nitrogens with two attached hydrogens (primary N) is 1. The molecular weight excluding hydrogens is 345 g/mol. The fraction of sp³-hybridized carbons (Fsp3) is 0.938. The van der Waals surface area contributed by atoms with Gasteiger partial charge in [0.25, 0.3) is 0 Å². The summed E-state index contributed by atoms with van der Waals surface area (Å²) in [4.78, 5) is 13.1. The van der Waals surface area contributed by atoms with E-state index in [0.29, 0.717) is 45.6 Å². The third-order valence-electron chi connectivity index (χ3n) is 3.49. The Balaban J connectivity index is 0. The Morgan fingerprint density at radius 1 is 1.20 bits per heavy atom. The van der Waals surface area contributed by atoms with Crippen molar-refractivity contribution >= 4 is 13.6 Å². The van der Waals surface area contributed by atoms with Gasteiger partial charge in [-0.2, -0.15) is 0 Å². The maximum Gasteiger partial charge on any atom is 0.340 e. The molecule has 0 radical (unpaired) electrons. The van der Waals surface area contributed by atoms with Crippen molar-refractivity contribution in [3.05, 3.63) is 0 Å². The molecule has 1 unspecified atom stereocenters. The predicted octanol–water partition coefficient (Wildman–Crippen LogP) is 2.07. The Labute approximate surface area is 153 Å². The summed E-state index contributed by atoms with van der Waals surface area (Å²) in [6.45, 7) is 12.1. The number of hydrogen-bond donors (Lipinski definition) is 2. The van der Waals surface area contributed by atoms with Crippen LogP contribution in [0.3, 0.4) is 0 Å². The molecule has 8 nitrogen and oxygen atoms in total. The van der Waals surface area contributed by atoms with Gasteiger partial charge in [0.05, 0.1) is 5.60 Å². The summed E-state index contributed by atoms with van der Waals surface area (Å²) in [5.74, 6) is 0.124. The molecular formula is C16H38N3O5P. The highest BCUT2D eigenvalue weighted by molar-refractivity contribution is 7.53. The van der Waals surface area contributed by atoms with E-state index in [1.165, 1.54) is 7.11 Å². The Hall–Kier alpha value is -0.500. The fourth-order valence-corrected chi connectivity index (χ4v) is 2.88. The van der Waals surface area contributed by atoms with Crippen LogP contribution in [0.15, 0.2) is 0 Å². The number of ether oxygens (including phenoxy) is 1. The number of amides is 1. The molecule has 152 valence electrons. The average Bonchev–Trinajstić information content (AvgIpc) is 2.61. The SMILES string of the molecule is CC.CCC(=O)N1CCN(P(N)(=O)OC)CC1.COCCC(C)(C)O. The van der Waals surface area contributed by atoms with Gasteiger partial charge in [-0.3, -0.25) is 9.36 Å². The molecule has 9 heteroatoms. The molecule has 1 amide bonds. The molecule has 1 atom stereocenters. The lowest BCUT2D eigenvalue weighted by molar-refractivity contribution is -0.132. The molecule has 0 bridgehead atoms. The van der Waals surface area contributed by atoms with Crippen LogP contribution < -0.4 is 5.50 Å². The van der Waals surface area contributed by atoms with Crippen LogP contribution in [-0.4, -0.2) is 73.2 Å². The van der Waals surface area contributed by atoms with Crippen molar-refractivity contribution in [1.29, 1.82) is 0 Å². The molecule has 0 aromatic rings. The van der Waals surface area contributed by atoms with Gasteiger partial charge in [-0.1, -0.05) is 20.8 Å². The van der Waals surface area contributed by atoms with Gasteiger partial charge in [-0.15, -0.1) is 0 Å². The second kappa shape index (κ2) is 13.7. The van der Waals surface area contributed by atoms with Crippen LogP contribution in [0.1, 0.15) is 47.5 Å². The van der Waals surface area contributed by atoms with Crippen molar-refractivity contribution in [3.8, 4) is 0 Å². The number of carbonyl (C=O) groups is 1. The highest BCUT2D eigenvalue weighted by Crippen LogP contribution is 2.41. The Bertz CT molecular complexity index is 394. The van der Waals surface area contributed by atoms with Gasteiger partial charge in [0.15, 0.2) is 0 Å². The summed E-state index contributed by atoms with van der Waals surface area (Å²) in [6.07, 6.45) is 1.20. The first-order chi connectivity index (χ1) is 11.6. The minimum atomic E-state index is -3.12. The normalized spacial score (nSPS) is 17.6. The molecule has 3 N–H and O–H groups in total. The number of hydrogen-bond acceptors (Lipinski definition) is 5. The predicted molar refractivity (Wildman–Crippen MR) is 101 cm³/mol. The van der Waals surface area contributed by atoms with Crippen molar-refractivity contribution in [2.45, 2.75) is 53.1 Å². The van der Waals surface area contributed by atoms with E-state index in [4.69, 9.17) is 19.9 Å². The van der Waals surface area contributed by atoms with Crippen molar-refractivity contribution < 1.29 is 23.7 Å². The zero-order valence-electron chi connectivity index (χ0n) is 16.9. The molecule has 0 spiro atoms. The highest BCUT2D eigenvalue weighted by atomic mass is 31.2. The zero-order valence-corrected chi connectivity index (χ0v) is 17.8. The zero-order chi connectivity index (χ0) is 20.1. The summed E-state index contributed by atoms with van der Waals surface area (Å²) < 4.78 is 22.8. The lowest BCUT2D eigenvalue weighted by Gasteiger charge is -2.36. The third-order valence-corrected chi connectivity index (χ3v) is 5.20. The van der Waals surface area contributed by atoms with Gasteiger partial charge in [-0.05, 0) is 20.3 Å². The second-order valence-electron chi connectivity index (χ2n) is 5.99. The smallest absolute Gasteiger partial charge is 0.340 e. The average molecular weight is 383 g/mol. The number of nitrogens with zero attached hydrogens (tertiary/aromatic N) is 2. The highest BCUT2D eigenvalue weighted by Gasteiger charge is 2.30. The van der Waals surface area contributed by atoms with E-state index < -0.39 is 13.3 Å². The number of carbonyl (C=O) groups excluding carboxylic acids is 1. The summed E-state index contributed by atoms with van der Waals surface area (Å²) in [6, 6.07) is 0. The maximum atomic E-state index is 11.7. The Morgan fingerprint density at radius 3 is 1.96 bits per heavy atom. The number of methoxy groups -OCH3 is 1. The first-order valence-electron chi connectivity index (χ1n) is 8.76. The van der Waals surface area contributed by atoms with E-state index >= 15 is 0 Å². The quantitative estimate of drug-likeness (QED) is 0.677. The molecule has 1 heterocycles. The van der Waals surface area contributed by atoms with E-state index in [-0.39, 0.29) is 5.91 Å². The maximum absolute atomic E-state index is 11.7. The summed E-state index contributed by atoms with van der Waals surface area (Å²) >= 11 is 0. The van der Waals surface area contributed by atoms with Crippen LogP contribution in [0, 0.1) is 0 Å². The van der Waals surface area contributed by atoms with Crippen molar-refractivity contribution in [2.24, 2.45) is 5.50 Å². The number of piperazine rings is 1. The van der Waals surface area contributed by atoms with Gasteiger partial charge in [0.2, 0.25) is 5.91 Å². The lowest BCUT2D eigenvalue weighted by atomic mass is 10.1. The monoisotopic (exact) mass is 383 g/mol. The van der Waals surface area contributed by atoms with E-state index in [1.807, 2.05) is 20.8 Å². The van der Waals surface area contributed by atoms with Gasteiger partial charge in [-0.25, -0.2) is 10.2 Å². The van der Waals surface area contributed by atoms with Crippen molar-refractivity contribution in [1.82, 2.24) is 9.57 Å². The van der Waals surface area contributed by atoms with Gasteiger partial charge >= 0.3 is 7.67 Å². The van der Waals surface area contributed by atoms with E-state index in [1.54, 1.807) is 30.5 Å². The minimum Gasteiger partial charge on any atom is -0.390 e. The number of rotatable bonds is 6. The topological polar surface area (TPSA) is 105 Å². The Kier molecular flexibility index (Phi) is 14.6. The van der Waals surface area contributed by atoms with E-state index in [9.17, 15) is 9.36 Å². The first-order valence-corrected chi connectivity index (χ1v) is 10.4. The molecule has 0 aromatic heterocycles. The summed E-state index contributed by atoms with van der Waals surface area (Å²) in [5.41, 5.74) is 4.93. The van der Waals surface area contributed by atoms with Crippen molar-refractivity contribution in [2.75, 3.05) is 47.0 Å². The molecule has 1 aliphatic heterocycles. The second-order valence-corrected chi connectivity index (χ2v) is 8.05. The minimum absolute atomic E-state index is 0.124. The van der Waals surface area contributed by atoms with Crippen molar-refractivity contribution in [3.63, 3.8) is 0 Å². The molecule has 1 fully saturated rings. The van der Waals surface area contributed by atoms with Gasteiger partial charge in [0, 0.05) is 53.4 Å². The molecule has 1 rings (SSSR count). The molecule has 25 heavy (non-hydrogen) atoms. The van der Waals surface area contributed by atoms with Crippen LogP contribution in [0.4, 0.5) is 0 Å². The first kappa shape index (κ1) is 26.7. The van der Waals surface area contributed by atoms with Crippen LogP contribution in [0.25, 0.3) is 0 Å². The molecule has 0 aromatic carbocycles. The molecule has 0 aliphatic carbocycles. The standard InChI is InChI=1S/C8H18N3O3P.C6H14O2.C2H6/c1-3-8(12)10-4-6-11(7-5-10)15(9,13)14-2;1-6(2,7)4-5-8-3;1-2/h3-7H2,1-2H3,(H2,9,13);7H,4-5H2,1-3H3;1-2H3. The van der Waals surface area contributed by atoms with Crippen LogP contribution >= 0.6 is 7.67 Å². The van der Waals surface area contributed by atoms with Gasteiger partial charge in [0.1, 0.15) is 0 Å². The number of aliphatic hydroxyl groups is 1. The molecule has 0 saturated carbocycles. The van der Waals surface area contributed by atoms with E-state index in [0.717, 1.165) is 0 Å². The summed E-state index contributed by atoms with van der Waals surface area (Å²) in [7, 11) is -0.150. The fourth-order valence-electron chi connectivity index (χ4n) is 1.91. The third kappa shape index (κ3) is 12.5. The summed E-state index contributed by atoms with van der Waals surface area (Å²) in [5, 5.41) is 9.07. The molecule has 1 aliphatic rings. The largest absolute Gasteiger partial charge is 0.390 e. The lowest BCUT2D eigenvalue weighted by Crippen LogP contribution is -2.48. The molecule has 1 saturated heterocycles. The Morgan fingerprint density at radius 2 is 1.68 bits per heavy atom. The van der Waals surface area contributed by atoms with Crippen LogP contribution in [0.5, 0.6) is 0 Å². The van der Waals surface area contributed by atoms with Crippen LogP contribution in [0.2, 0.25) is 0 Å². The van der Waals surface area contributed by atoms with Gasteiger partial charge < -0.3 is 19.3 Å². The van der Waals surface area contributed by atoms with Crippen LogP contribution in [-0.2, 0) is 18.6 Å². The van der Waals surface area contributed by atoms with E-state index in [2.05, 4.69) is 0 Å².